The van der Waals surface area contributed by atoms with Crippen molar-refractivity contribution in [2.45, 2.75) is 6.10 Å². The van der Waals surface area contributed by atoms with E-state index in [9.17, 15) is 5.11 Å². The summed E-state index contributed by atoms with van der Waals surface area (Å²) in [4.78, 5) is 4.58. The molecule has 28 heavy (non-hydrogen) atoms. The molecule has 1 unspecified atom stereocenters. The van der Waals surface area contributed by atoms with E-state index < -0.39 is 6.10 Å². The van der Waals surface area contributed by atoms with Gasteiger partial charge < -0.3 is 14.7 Å². The van der Waals surface area contributed by atoms with Crippen molar-refractivity contribution in [3.8, 4) is 5.75 Å². The Morgan fingerprint density at radius 2 is 1.61 bits per heavy atom. The van der Waals surface area contributed by atoms with Gasteiger partial charge in [0.15, 0.2) is 0 Å². The molecule has 0 bridgehead atoms. The molecule has 0 aromatic heterocycles. The van der Waals surface area contributed by atoms with Crippen LogP contribution in [-0.2, 0) is 0 Å². The fourth-order valence-electron chi connectivity index (χ4n) is 3.68. The summed E-state index contributed by atoms with van der Waals surface area (Å²) in [5, 5.41) is 13.5. The second-order valence-corrected chi connectivity index (χ2v) is 7.62. The van der Waals surface area contributed by atoms with E-state index >= 15 is 0 Å². The molecule has 3 aromatic carbocycles. The summed E-state index contributed by atoms with van der Waals surface area (Å²) >= 11 is 6.30. The summed E-state index contributed by atoms with van der Waals surface area (Å²) in [7, 11) is 0. The first-order chi connectivity index (χ1) is 13.7. The maximum atomic E-state index is 10.4. The first kappa shape index (κ1) is 19.1. The molecular weight excluding hydrogens is 372 g/mol. The van der Waals surface area contributed by atoms with Gasteiger partial charge in [-0.15, -0.1) is 0 Å². The molecule has 0 aliphatic carbocycles. The number of fused-ring (bicyclic) bond motifs is 1. The molecule has 0 radical (unpaired) electrons. The van der Waals surface area contributed by atoms with Crippen LogP contribution in [0.5, 0.6) is 5.75 Å². The Labute approximate surface area is 170 Å². The fourth-order valence-corrected chi connectivity index (χ4v) is 3.94. The Hall–Kier alpha value is -2.27. The van der Waals surface area contributed by atoms with Crippen molar-refractivity contribution in [1.29, 1.82) is 0 Å². The molecule has 1 heterocycles. The van der Waals surface area contributed by atoms with E-state index in [1.54, 1.807) is 0 Å². The number of halogens is 1. The summed E-state index contributed by atoms with van der Waals surface area (Å²) in [6, 6.07) is 22.2. The van der Waals surface area contributed by atoms with Gasteiger partial charge >= 0.3 is 0 Å². The lowest BCUT2D eigenvalue weighted by Gasteiger charge is -2.37. The zero-order valence-corrected chi connectivity index (χ0v) is 16.6. The molecule has 1 saturated heterocycles. The van der Waals surface area contributed by atoms with E-state index in [1.165, 1.54) is 5.39 Å². The highest BCUT2D eigenvalue weighted by Gasteiger charge is 2.20. The summed E-state index contributed by atoms with van der Waals surface area (Å²) in [6.45, 7) is 4.52. The third-order valence-corrected chi connectivity index (χ3v) is 5.52. The molecule has 1 atom stereocenters. The topological polar surface area (TPSA) is 35.9 Å². The molecule has 1 aliphatic rings. The molecule has 5 heteroatoms. The maximum Gasteiger partial charge on any atom is 0.120 e. The fraction of sp³-hybridized carbons (Fsp3) is 0.304. The largest absolute Gasteiger partial charge is 0.491 e. The van der Waals surface area contributed by atoms with Crippen LogP contribution in [0.4, 0.5) is 5.69 Å². The average molecular weight is 397 g/mol. The quantitative estimate of drug-likeness (QED) is 0.681. The zero-order chi connectivity index (χ0) is 19.3. The highest BCUT2D eigenvalue weighted by atomic mass is 35.5. The standard InChI is InChI=1S/C23H25ClN2O2/c24-22-7-3-4-8-23(22)26-13-11-25(12-14-26)16-20(27)17-28-21-10-9-18-5-1-2-6-19(18)15-21/h1-10,15,20,27H,11-14,16-17H2. The number of benzene rings is 3. The van der Waals surface area contributed by atoms with Crippen LogP contribution in [0.2, 0.25) is 5.02 Å². The third kappa shape index (κ3) is 4.58. The molecule has 0 amide bonds. The molecule has 146 valence electrons. The van der Waals surface area contributed by atoms with Gasteiger partial charge in [-0.2, -0.15) is 0 Å². The second-order valence-electron chi connectivity index (χ2n) is 7.21. The van der Waals surface area contributed by atoms with E-state index in [0.717, 1.165) is 48.0 Å². The van der Waals surface area contributed by atoms with E-state index in [0.29, 0.717) is 13.2 Å². The van der Waals surface area contributed by atoms with Gasteiger partial charge in [-0.25, -0.2) is 0 Å². The molecule has 1 fully saturated rings. The van der Waals surface area contributed by atoms with E-state index in [1.807, 2.05) is 48.5 Å². The first-order valence-corrected chi connectivity index (χ1v) is 10.1. The number of anilines is 1. The number of hydrogen-bond acceptors (Lipinski definition) is 4. The lowest BCUT2D eigenvalue weighted by Crippen LogP contribution is -2.49. The maximum absolute atomic E-state index is 10.4. The van der Waals surface area contributed by atoms with Crippen LogP contribution >= 0.6 is 11.6 Å². The minimum atomic E-state index is -0.515. The van der Waals surface area contributed by atoms with Gasteiger partial charge in [-0.1, -0.05) is 54.1 Å². The number of ether oxygens (including phenoxy) is 1. The predicted octanol–water partition coefficient (Wildman–Crippen LogP) is 4.06. The van der Waals surface area contributed by atoms with Gasteiger partial charge in [0.2, 0.25) is 0 Å². The van der Waals surface area contributed by atoms with Gasteiger partial charge in [0.05, 0.1) is 10.7 Å². The van der Waals surface area contributed by atoms with Crippen molar-refractivity contribution in [2.24, 2.45) is 0 Å². The Bertz CT molecular complexity index is 925. The second kappa shape index (κ2) is 8.82. The zero-order valence-electron chi connectivity index (χ0n) is 15.8. The van der Waals surface area contributed by atoms with Crippen LogP contribution in [0.3, 0.4) is 0 Å². The Balaban J connectivity index is 1.25. The summed E-state index contributed by atoms with van der Waals surface area (Å²) < 4.78 is 5.82. The smallest absolute Gasteiger partial charge is 0.120 e. The first-order valence-electron chi connectivity index (χ1n) is 9.70. The molecule has 1 N–H and O–H groups in total. The molecule has 3 aromatic rings. The van der Waals surface area contributed by atoms with Crippen LogP contribution in [0.1, 0.15) is 0 Å². The molecule has 4 nitrogen and oxygen atoms in total. The molecule has 4 rings (SSSR count). The molecule has 0 saturated carbocycles. The number of rotatable bonds is 6. The normalized spacial score (nSPS) is 16.3. The van der Waals surface area contributed by atoms with E-state index in [4.69, 9.17) is 16.3 Å². The number of piperazine rings is 1. The lowest BCUT2D eigenvalue weighted by molar-refractivity contribution is 0.0663. The third-order valence-electron chi connectivity index (χ3n) is 5.20. The van der Waals surface area contributed by atoms with Crippen molar-refractivity contribution in [2.75, 3.05) is 44.2 Å². The molecular formula is C23H25ClN2O2. The van der Waals surface area contributed by atoms with Crippen molar-refractivity contribution >= 4 is 28.1 Å². The number of aliphatic hydroxyl groups is 1. The van der Waals surface area contributed by atoms with Gasteiger partial charge in [0, 0.05) is 32.7 Å². The molecule has 0 spiro atoms. The Morgan fingerprint density at radius 1 is 0.893 bits per heavy atom. The van der Waals surface area contributed by atoms with E-state index in [2.05, 4.69) is 28.0 Å². The van der Waals surface area contributed by atoms with Crippen LogP contribution in [0.25, 0.3) is 10.8 Å². The Kier molecular flexibility index (Phi) is 6.01. The minimum absolute atomic E-state index is 0.295. The van der Waals surface area contributed by atoms with Gasteiger partial charge in [0.1, 0.15) is 18.5 Å². The minimum Gasteiger partial charge on any atom is -0.491 e. The van der Waals surface area contributed by atoms with Crippen LogP contribution < -0.4 is 9.64 Å². The van der Waals surface area contributed by atoms with Gasteiger partial charge in [0.25, 0.3) is 0 Å². The number of hydrogen-bond donors (Lipinski definition) is 1. The number of aliphatic hydroxyl groups excluding tert-OH is 1. The van der Waals surface area contributed by atoms with Crippen molar-refractivity contribution < 1.29 is 9.84 Å². The monoisotopic (exact) mass is 396 g/mol. The highest BCUT2D eigenvalue weighted by Crippen LogP contribution is 2.26. The van der Waals surface area contributed by atoms with Crippen molar-refractivity contribution in [3.63, 3.8) is 0 Å². The number of nitrogens with zero attached hydrogens (tertiary/aromatic N) is 2. The van der Waals surface area contributed by atoms with Crippen LogP contribution in [0, 0.1) is 0 Å². The summed E-state index contributed by atoms with van der Waals surface area (Å²) in [5.41, 5.74) is 1.09. The van der Waals surface area contributed by atoms with Crippen LogP contribution in [-0.4, -0.2) is 55.4 Å². The summed E-state index contributed by atoms with van der Waals surface area (Å²) in [6.07, 6.45) is -0.515. The predicted molar refractivity (Wildman–Crippen MR) is 116 cm³/mol. The van der Waals surface area contributed by atoms with Gasteiger partial charge in [-0.05, 0) is 35.0 Å². The molecule has 1 aliphatic heterocycles. The number of para-hydroxylation sites is 1. The average Bonchev–Trinajstić information content (AvgIpc) is 2.73. The summed E-state index contributed by atoms with van der Waals surface area (Å²) in [5.74, 6) is 0.793. The van der Waals surface area contributed by atoms with Crippen molar-refractivity contribution in [1.82, 2.24) is 4.90 Å². The van der Waals surface area contributed by atoms with E-state index in [-0.39, 0.29) is 0 Å². The SMILES string of the molecule is OC(COc1ccc2ccccc2c1)CN1CCN(c2ccccc2Cl)CC1. The van der Waals surface area contributed by atoms with Crippen molar-refractivity contribution in [3.05, 3.63) is 71.8 Å². The lowest BCUT2D eigenvalue weighted by atomic mass is 10.1. The Morgan fingerprint density at radius 3 is 2.39 bits per heavy atom. The number of β-amino-alcohol motifs (C(OH)–C–C–N with tert-alkyl or cyclic N) is 1. The van der Waals surface area contributed by atoms with Crippen LogP contribution in [0.15, 0.2) is 66.7 Å². The highest BCUT2D eigenvalue weighted by molar-refractivity contribution is 6.33. The van der Waals surface area contributed by atoms with Gasteiger partial charge in [-0.3, -0.25) is 4.90 Å².